The van der Waals surface area contributed by atoms with Crippen molar-refractivity contribution in [2.45, 2.75) is 86.0 Å². The van der Waals surface area contributed by atoms with Gasteiger partial charge in [0.2, 0.25) is 0 Å². The SMILES string of the molecule is CCCC[C](CCCC)(CCCC)[Sn][CH]1c2ccccc2NN1C. The molecule has 1 aromatic rings. The number of anilines is 1. The molecular formula is C21H36N2Sn. The van der Waals surface area contributed by atoms with E-state index in [1.165, 1.54) is 63.5 Å². The summed E-state index contributed by atoms with van der Waals surface area (Å²) in [5.41, 5.74) is 6.53. The molecule has 3 heteroatoms. The normalized spacial score (nSPS) is 17.8. The third-order valence-corrected chi connectivity index (χ3v) is 12.1. The Morgan fingerprint density at radius 1 is 0.958 bits per heavy atom. The zero-order valence-electron chi connectivity index (χ0n) is 16.2. The van der Waals surface area contributed by atoms with Crippen molar-refractivity contribution >= 4 is 26.8 Å². The van der Waals surface area contributed by atoms with Crippen LogP contribution in [0, 0.1) is 0 Å². The fourth-order valence-electron chi connectivity index (χ4n) is 3.90. The van der Waals surface area contributed by atoms with Crippen LogP contribution in [0.15, 0.2) is 24.3 Å². The Balaban J connectivity index is 2.21. The Kier molecular flexibility index (Phi) is 8.42. The van der Waals surface area contributed by atoms with Crippen LogP contribution in [0.1, 0.15) is 88.2 Å². The molecule has 2 rings (SSSR count). The molecule has 0 fully saturated rings. The topological polar surface area (TPSA) is 15.3 Å². The van der Waals surface area contributed by atoms with Crippen molar-refractivity contribution in [3.63, 3.8) is 0 Å². The van der Waals surface area contributed by atoms with Gasteiger partial charge in [0.15, 0.2) is 0 Å². The van der Waals surface area contributed by atoms with E-state index >= 15 is 0 Å². The Bertz CT molecular complexity index is 467. The summed E-state index contributed by atoms with van der Waals surface area (Å²) in [7, 11) is 2.26. The number of rotatable bonds is 11. The molecule has 1 aliphatic heterocycles. The first-order valence-electron chi connectivity index (χ1n) is 10.0. The van der Waals surface area contributed by atoms with Gasteiger partial charge in [0.1, 0.15) is 0 Å². The van der Waals surface area contributed by atoms with Crippen molar-refractivity contribution < 1.29 is 0 Å². The Labute approximate surface area is 160 Å². The molecule has 1 heterocycles. The summed E-state index contributed by atoms with van der Waals surface area (Å²) >= 11 is -0.608. The number of benzene rings is 1. The van der Waals surface area contributed by atoms with Crippen LogP contribution in [0.5, 0.6) is 0 Å². The molecule has 0 aromatic heterocycles. The maximum atomic E-state index is 3.61. The quantitative estimate of drug-likeness (QED) is 0.405. The average molecular weight is 435 g/mol. The van der Waals surface area contributed by atoms with Crippen molar-refractivity contribution in [3.05, 3.63) is 29.8 Å². The second kappa shape index (κ2) is 10.1. The van der Waals surface area contributed by atoms with E-state index in [-0.39, 0.29) is 0 Å². The van der Waals surface area contributed by atoms with Gasteiger partial charge in [0, 0.05) is 0 Å². The Hall–Kier alpha value is -0.221. The third kappa shape index (κ3) is 5.14. The summed E-state index contributed by atoms with van der Waals surface area (Å²) in [6, 6.07) is 8.99. The van der Waals surface area contributed by atoms with Gasteiger partial charge in [-0.15, -0.1) is 0 Å². The molecule has 1 N–H and O–H groups in total. The van der Waals surface area contributed by atoms with Gasteiger partial charge in [-0.05, 0) is 0 Å². The van der Waals surface area contributed by atoms with Crippen LogP contribution in [0.4, 0.5) is 5.69 Å². The number of nitrogens with one attached hydrogen (secondary N) is 1. The summed E-state index contributed by atoms with van der Waals surface area (Å²) in [6.07, 6.45) is 12.7. The zero-order chi connectivity index (χ0) is 17.4. The van der Waals surface area contributed by atoms with E-state index in [1.54, 1.807) is 5.56 Å². The van der Waals surface area contributed by atoms with Crippen molar-refractivity contribution in [1.29, 1.82) is 0 Å². The molecule has 0 bridgehead atoms. The zero-order valence-corrected chi connectivity index (χ0v) is 19.1. The molecule has 0 amide bonds. The van der Waals surface area contributed by atoms with Gasteiger partial charge in [-0.2, -0.15) is 0 Å². The van der Waals surface area contributed by atoms with E-state index in [9.17, 15) is 0 Å². The molecular weight excluding hydrogens is 399 g/mol. The van der Waals surface area contributed by atoms with Crippen molar-refractivity contribution in [1.82, 2.24) is 5.01 Å². The van der Waals surface area contributed by atoms with Gasteiger partial charge in [0.25, 0.3) is 0 Å². The van der Waals surface area contributed by atoms with Crippen molar-refractivity contribution in [3.8, 4) is 0 Å². The van der Waals surface area contributed by atoms with E-state index in [1.807, 2.05) is 0 Å². The molecule has 0 saturated carbocycles. The molecule has 1 aliphatic rings. The van der Waals surface area contributed by atoms with Gasteiger partial charge in [-0.3, -0.25) is 0 Å². The fourth-order valence-corrected chi connectivity index (χ4v) is 10.2. The van der Waals surface area contributed by atoms with Crippen LogP contribution in [0.2, 0.25) is 3.43 Å². The summed E-state index contributed by atoms with van der Waals surface area (Å²) < 4.78 is 1.37. The van der Waals surface area contributed by atoms with Gasteiger partial charge in [0.05, 0.1) is 0 Å². The molecule has 0 aliphatic carbocycles. The molecule has 24 heavy (non-hydrogen) atoms. The van der Waals surface area contributed by atoms with Crippen LogP contribution < -0.4 is 5.43 Å². The second-order valence-corrected chi connectivity index (χ2v) is 12.9. The van der Waals surface area contributed by atoms with Gasteiger partial charge in [-0.25, -0.2) is 0 Å². The molecule has 1 unspecified atom stereocenters. The summed E-state index contributed by atoms with van der Waals surface area (Å²) in [6.45, 7) is 7.07. The maximum absolute atomic E-state index is 3.61. The van der Waals surface area contributed by atoms with Crippen LogP contribution in [0.25, 0.3) is 0 Å². The van der Waals surface area contributed by atoms with E-state index in [4.69, 9.17) is 0 Å². The second-order valence-electron chi connectivity index (χ2n) is 7.45. The number of hydrazine groups is 1. The number of hydrogen-bond acceptors (Lipinski definition) is 2. The fraction of sp³-hybridized carbons (Fsp3) is 0.714. The number of nitrogens with zero attached hydrogens (tertiary/aromatic N) is 1. The number of hydrogen-bond donors (Lipinski definition) is 1. The number of fused-ring (bicyclic) bond motifs is 1. The van der Waals surface area contributed by atoms with Crippen molar-refractivity contribution in [2.24, 2.45) is 0 Å². The summed E-state index contributed by atoms with van der Waals surface area (Å²) in [5, 5.41) is 2.43. The Morgan fingerprint density at radius 3 is 2.04 bits per heavy atom. The molecule has 1 atom stereocenters. The standard InChI is InChI=1S/C13H27.C8H9N2.Sn/c1-4-7-10-13(11-8-5-2)12-9-6-3;1-10-6-7-4-2-3-5-8(7)9-10;/h4-12H2,1-3H3;2-6,9H,1H3;. The van der Waals surface area contributed by atoms with Crippen LogP contribution in [-0.2, 0) is 0 Å². The molecule has 2 nitrogen and oxygen atoms in total. The van der Waals surface area contributed by atoms with Gasteiger partial charge in [-0.1, -0.05) is 0 Å². The predicted molar refractivity (Wildman–Crippen MR) is 108 cm³/mol. The van der Waals surface area contributed by atoms with Gasteiger partial charge >= 0.3 is 160 Å². The minimum absolute atomic E-state index is 0.608. The summed E-state index contributed by atoms with van der Waals surface area (Å²) in [5.74, 6) is 0. The Morgan fingerprint density at radius 2 is 1.50 bits per heavy atom. The van der Waals surface area contributed by atoms with Gasteiger partial charge < -0.3 is 0 Å². The van der Waals surface area contributed by atoms with E-state index in [2.05, 4.69) is 62.5 Å². The first-order valence-corrected chi connectivity index (χ1v) is 13.1. The number of para-hydroxylation sites is 1. The first kappa shape index (κ1) is 20.1. The van der Waals surface area contributed by atoms with Crippen molar-refractivity contribution in [2.75, 3.05) is 12.5 Å². The third-order valence-electron chi connectivity index (χ3n) is 5.41. The molecule has 0 saturated heterocycles. The first-order chi connectivity index (χ1) is 11.7. The summed E-state index contributed by atoms with van der Waals surface area (Å²) in [4.78, 5) is 0. The van der Waals surface area contributed by atoms with Crippen LogP contribution >= 0.6 is 0 Å². The molecule has 2 radical (unpaired) electrons. The molecule has 1 aromatic carbocycles. The van der Waals surface area contributed by atoms with E-state index in [0.29, 0.717) is 7.49 Å². The monoisotopic (exact) mass is 436 g/mol. The predicted octanol–water partition coefficient (Wildman–Crippen LogP) is 6.39. The van der Waals surface area contributed by atoms with Crippen LogP contribution in [0.3, 0.4) is 0 Å². The molecule has 134 valence electrons. The molecule has 0 spiro atoms. The number of unbranched alkanes of at least 4 members (excludes halogenated alkanes) is 3. The average Bonchev–Trinajstić information content (AvgIpc) is 2.91. The van der Waals surface area contributed by atoms with Crippen LogP contribution in [-0.4, -0.2) is 33.2 Å². The van der Waals surface area contributed by atoms with E-state index in [0.717, 1.165) is 0 Å². The minimum atomic E-state index is -0.608. The van der Waals surface area contributed by atoms with E-state index < -0.39 is 21.1 Å².